The average Bonchev–Trinajstić information content (AvgIpc) is 2.74. The van der Waals surface area contributed by atoms with Crippen molar-refractivity contribution in [3.63, 3.8) is 0 Å². The molecule has 0 radical (unpaired) electrons. The van der Waals surface area contributed by atoms with Gasteiger partial charge in [0.15, 0.2) is 0 Å². The monoisotopic (exact) mass is 292 g/mol. The Kier molecular flexibility index (Phi) is 4.10. The number of nitrogens with zero attached hydrogens (tertiary/aromatic N) is 1. The van der Waals surface area contributed by atoms with E-state index in [2.05, 4.69) is 5.32 Å². The normalized spacial score (nSPS) is 10.3. The molecule has 20 heavy (non-hydrogen) atoms. The molecule has 1 aromatic heterocycles. The molecule has 0 saturated heterocycles. The van der Waals surface area contributed by atoms with E-state index in [0.29, 0.717) is 16.4 Å². The maximum absolute atomic E-state index is 12.0. The molecule has 5 nitrogen and oxygen atoms in total. The first-order chi connectivity index (χ1) is 9.49. The predicted molar refractivity (Wildman–Crippen MR) is 76.2 cm³/mol. The van der Waals surface area contributed by atoms with Crippen LogP contribution in [0.3, 0.4) is 0 Å². The second kappa shape index (κ2) is 5.79. The predicted octanol–water partition coefficient (Wildman–Crippen LogP) is 2.79. The Balaban J connectivity index is 2.15. The molecule has 104 valence electrons. The number of nitrogens with one attached hydrogen (secondary N) is 1. The number of rotatable bonds is 4. The minimum atomic E-state index is -1.07. The molecule has 2 rings (SSSR count). The molecule has 0 saturated carbocycles. The van der Waals surface area contributed by atoms with E-state index in [1.165, 1.54) is 10.6 Å². The smallest absolute Gasteiger partial charge is 0.352 e. The van der Waals surface area contributed by atoms with Crippen molar-refractivity contribution in [2.24, 2.45) is 0 Å². The van der Waals surface area contributed by atoms with Gasteiger partial charge in [0.05, 0.1) is 10.7 Å². The maximum Gasteiger partial charge on any atom is 0.352 e. The second-order valence-corrected chi connectivity index (χ2v) is 4.69. The average molecular weight is 293 g/mol. The summed E-state index contributed by atoms with van der Waals surface area (Å²) >= 11 is 5.95. The molecular formula is C14H13ClN2O3. The number of carbonyl (C=O) groups is 2. The van der Waals surface area contributed by atoms with Crippen molar-refractivity contribution in [3.8, 4) is 0 Å². The van der Waals surface area contributed by atoms with Crippen molar-refractivity contribution in [1.82, 2.24) is 4.57 Å². The third kappa shape index (κ3) is 3.00. The van der Waals surface area contributed by atoms with Gasteiger partial charge in [-0.1, -0.05) is 23.7 Å². The van der Waals surface area contributed by atoms with Gasteiger partial charge >= 0.3 is 5.97 Å². The van der Waals surface area contributed by atoms with Crippen LogP contribution in [0.25, 0.3) is 0 Å². The van der Waals surface area contributed by atoms with Crippen molar-refractivity contribution in [2.45, 2.75) is 13.5 Å². The molecular weight excluding hydrogens is 280 g/mol. The van der Waals surface area contributed by atoms with Gasteiger partial charge in [-0.3, -0.25) is 4.79 Å². The standard InChI is InChI=1S/C14H13ClN2O3/c1-9-6-7-12(14(19)20)17(9)8-13(18)16-11-5-3-2-4-10(11)15/h2-7H,8H2,1H3,(H,16,18)(H,19,20). The number of halogens is 1. The quantitative estimate of drug-likeness (QED) is 0.910. The maximum atomic E-state index is 12.0. The third-order valence-corrected chi connectivity index (χ3v) is 3.20. The van der Waals surface area contributed by atoms with Gasteiger partial charge in [0.1, 0.15) is 12.2 Å². The first kappa shape index (κ1) is 14.1. The number of carboxylic acids is 1. The zero-order valence-corrected chi connectivity index (χ0v) is 11.5. The molecule has 1 heterocycles. The highest BCUT2D eigenvalue weighted by molar-refractivity contribution is 6.33. The van der Waals surface area contributed by atoms with Crippen molar-refractivity contribution >= 4 is 29.2 Å². The number of hydrogen-bond donors (Lipinski definition) is 2. The summed E-state index contributed by atoms with van der Waals surface area (Å²) in [4.78, 5) is 23.0. The number of hydrogen-bond acceptors (Lipinski definition) is 2. The van der Waals surface area contributed by atoms with E-state index < -0.39 is 5.97 Å². The number of aromatic nitrogens is 1. The van der Waals surface area contributed by atoms with Gasteiger partial charge < -0.3 is 15.0 Å². The van der Waals surface area contributed by atoms with E-state index in [9.17, 15) is 9.59 Å². The zero-order chi connectivity index (χ0) is 14.7. The molecule has 0 fully saturated rings. The van der Waals surface area contributed by atoms with Gasteiger partial charge in [0.25, 0.3) is 0 Å². The molecule has 0 bridgehead atoms. The summed E-state index contributed by atoms with van der Waals surface area (Å²) in [7, 11) is 0. The topological polar surface area (TPSA) is 71.3 Å². The van der Waals surface area contributed by atoms with E-state index in [0.717, 1.165) is 0 Å². The highest BCUT2D eigenvalue weighted by Gasteiger charge is 2.15. The van der Waals surface area contributed by atoms with Crippen LogP contribution >= 0.6 is 11.6 Å². The highest BCUT2D eigenvalue weighted by Crippen LogP contribution is 2.20. The summed E-state index contributed by atoms with van der Waals surface area (Å²) in [6.07, 6.45) is 0. The Hall–Kier alpha value is -2.27. The molecule has 0 aliphatic heterocycles. The molecule has 0 spiro atoms. The van der Waals surface area contributed by atoms with Crippen LogP contribution in [-0.2, 0) is 11.3 Å². The summed E-state index contributed by atoms with van der Waals surface area (Å²) in [5.74, 6) is -1.40. The fourth-order valence-electron chi connectivity index (χ4n) is 1.86. The third-order valence-electron chi connectivity index (χ3n) is 2.87. The minimum Gasteiger partial charge on any atom is -0.477 e. The molecule has 0 aliphatic rings. The van der Waals surface area contributed by atoms with E-state index in [4.69, 9.17) is 16.7 Å². The number of carboxylic acid groups (broad SMARTS) is 1. The lowest BCUT2D eigenvalue weighted by atomic mass is 10.3. The molecule has 2 N–H and O–H groups in total. The van der Waals surface area contributed by atoms with Crippen molar-refractivity contribution < 1.29 is 14.7 Å². The number of para-hydroxylation sites is 1. The Bertz CT molecular complexity index is 664. The second-order valence-electron chi connectivity index (χ2n) is 4.28. The van der Waals surface area contributed by atoms with Crippen molar-refractivity contribution in [3.05, 3.63) is 52.8 Å². The van der Waals surface area contributed by atoms with Crippen molar-refractivity contribution in [1.29, 1.82) is 0 Å². The summed E-state index contributed by atoms with van der Waals surface area (Å²) in [6, 6.07) is 10.00. The fourth-order valence-corrected chi connectivity index (χ4v) is 2.04. The van der Waals surface area contributed by atoms with Gasteiger partial charge in [0.2, 0.25) is 5.91 Å². The van der Waals surface area contributed by atoms with Gasteiger partial charge in [0, 0.05) is 5.69 Å². The van der Waals surface area contributed by atoms with Crippen LogP contribution < -0.4 is 5.32 Å². The van der Waals surface area contributed by atoms with Crippen LogP contribution in [0.5, 0.6) is 0 Å². The Morgan fingerprint density at radius 3 is 2.60 bits per heavy atom. The molecule has 0 aliphatic carbocycles. The van der Waals surface area contributed by atoms with E-state index in [1.54, 1.807) is 37.3 Å². The van der Waals surface area contributed by atoms with E-state index in [1.807, 2.05) is 0 Å². The lowest BCUT2D eigenvalue weighted by Gasteiger charge is -2.10. The number of aromatic carboxylic acids is 1. The Labute approximate surface area is 120 Å². The summed E-state index contributed by atoms with van der Waals surface area (Å²) in [5, 5.41) is 12.1. The molecule has 1 aromatic carbocycles. The van der Waals surface area contributed by atoms with Gasteiger partial charge in [-0.2, -0.15) is 0 Å². The van der Waals surface area contributed by atoms with Crippen LogP contribution in [0.1, 0.15) is 16.2 Å². The summed E-state index contributed by atoms with van der Waals surface area (Å²) in [5.41, 5.74) is 1.29. The Morgan fingerprint density at radius 1 is 1.25 bits per heavy atom. The lowest BCUT2D eigenvalue weighted by molar-refractivity contribution is -0.116. The first-order valence-electron chi connectivity index (χ1n) is 5.93. The number of carbonyl (C=O) groups excluding carboxylic acids is 1. The molecule has 6 heteroatoms. The summed E-state index contributed by atoms with van der Waals surface area (Å²) in [6.45, 7) is 1.67. The van der Waals surface area contributed by atoms with Gasteiger partial charge in [-0.25, -0.2) is 4.79 Å². The zero-order valence-electron chi connectivity index (χ0n) is 10.8. The van der Waals surface area contributed by atoms with Crippen LogP contribution in [0.4, 0.5) is 5.69 Å². The first-order valence-corrected chi connectivity index (χ1v) is 6.30. The number of amides is 1. The summed E-state index contributed by atoms with van der Waals surface area (Å²) < 4.78 is 1.44. The van der Waals surface area contributed by atoms with Crippen molar-refractivity contribution in [2.75, 3.05) is 5.32 Å². The number of anilines is 1. The molecule has 0 unspecified atom stereocenters. The van der Waals surface area contributed by atoms with Gasteiger partial charge in [-0.15, -0.1) is 0 Å². The minimum absolute atomic E-state index is 0.0777. The van der Waals surface area contributed by atoms with Crippen LogP contribution in [0.15, 0.2) is 36.4 Å². The lowest BCUT2D eigenvalue weighted by Crippen LogP contribution is -2.22. The number of benzene rings is 1. The van der Waals surface area contributed by atoms with Crippen LogP contribution in [0, 0.1) is 6.92 Å². The fraction of sp³-hybridized carbons (Fsp3) is 0.143. The number of aryl methyl sites for hydroxylation is 1. The highest BCUT2D eigenvalue weighted by atomic mass is 35.5. The SMILES string of the molecule is Cc1ccc(C(=O)O)n1CC(=O)Nc1ccccc1Cl. The molecule has 2 aromatic rings. The van der Waals surface area contributed by atoms with Crippen LogP contribution in [-0.4, -0.2) is 21.6 Å². The Morgan fingerprint density at radius 2 is 1.95 bits per heavy atom. The van der Waals surface area contributed by atoms with E-state index in [-0.39, 0.29) is 18.1 Å². The largest absolute Gasteiger partial charge is 0.477 e. The van der Waals surface area contributed by atoms with E-state index >= 15 is 0 Å². The molecule has 0 atom stereocenters. The van der Waals surface area contributed by atoms with Gasteiger partial charge in [-0.05, 0) is 31.2 Å². The molecule has 1 amide bonds. The van der Waals surface area contributed by atoms with Crippen LogP contribution in [0.2, 0.25) is 5.02 Å².